The van der Waals surface area contributed by atoms with Crippen molar-refractivity contribution in [3.05, 3.63) is 48.4 Å². The van der Waals surface area contributed by atoms with E-state index in [1.807, 2.05) is 47.9 Å². The zero-order valence-electron chi connectivity index (χ0n) is 16.9. The van der Waals surface area contributed by atoms with Gasteiger partial charge in [0.05, 0.1) is 24.1 Å². The van der Waals surface area contributed by atoms with E-state index < -0.39 is 0 Å². The first kappa shape index (κ1) is 20.2. The molecule has 4 rings (SSSR count). The highest BCUT2D eigenvalue weighted by Crippen LogP contribution is 2.30. The molecule has 1 N–H and O–H groups in total. The molecule has 0 unspecified atom stereocenters. The highest BCUT2D eigenvalue weighted by atomic mass is 32.2. The van der Waals surface area contributed by atoms with Crippen molar-refractivity contribution in [1.82, 2.24) is 25.0 Å². The maximum atomic E-state index is 12.5. The van der Waals surface area contributed by atoms with Gasteiger partial charge in [-0.1, -0.05) is 30.0 Å². The first-order valence-corrected chi connectivity index (χ1v) is 10.7. The molecule has 156 valence electrons. The lowest BCUT2D eigenvalue weighted by Crippen LogP contribution is -2.39. The molecule has 9 heteroatoms. The molecule has 3 aromatic rings. The number of rotatable bonds is 8. The van der Waals surface area contributed by atoms with Crippen LogP contribution in [0.3, 0.4) is 0 Å². The van der Waals surface area contributed by atoms with Gasteiger partial charge in [0.25, 0.3) is 0 Å². The standard InChI is InChI=1S/C21H23N5O3S/c1-14-17(10-11-29-14)20-23-24-21(26(20)16-6-4-3-5-7-16)30-13-19(28)25(2)12-18(27)22-15-8-9-15/h3-7,10-11,15H,8-9,12-13H2,1-2H3,(H,22,27). The van der Waals surface area contributed by atoms with E-state index in [9.17, 15) is 9.59 Å². The van der Waals surface area contributed by atoms with Gasteiger partial charge < -0.3 is 14.6 Å². The fraction of sp³-hybridized carbons (Fsp3) is 0.333. The lowest BCUT2D eigenvalue weighted by atomic mass is 10.2. The number of hydrogen-bond acceptors (Lipinski definition) is 6. The molecule has 8 nitrogen and oxygen atoms in total. The molecule has 0 radical (unpaired) electrons. The molecule has 0 saturated heterocycles. The van der Waals surface area contributed by atoms with Crippen LogP contribution in [0.1, 0.15) is 18.6 Å². The molecule has 1 aliphatic carbocycles. The fourth-order valence-electron chi connectivity index (χ4n) is 3.01. The van der Waals surface area contributed by atoms with Crippen molar-refractivity contribution in [2.45, 2.75) is 31.0 Å². The third-order valence-corrected chi connectivity index (χ3v) is 5.73. The summed E-state index contributed by atoms with van der Waals surface area (Å²) in [5.41, 5.74) is 1.74. The normalized spacial score (nSPS) is 13.3. The zero-order chi connectivity index (χ0) is 21.1. The monoisotopic (exact) mass is 425 g/mol. The number of para-hydroxylation sites is 1. The Kier molecular flexibility index (Phi) is 5.89. The number of aryl methyl sites for hydroxylation is 1. The maximum absolute atomic E-state index is 12.5. The summed E-state index contributed by atoms with van der Waals surface area (Å²) in [5.74, 6) is 1.29. The second kappa shape index (κ2) is 8.74. The van der Waals surface area contributed by atoms with Crippen molar-refractivity contribution in [1.29, 1.82) is 0 Å². The van der Waals surface area contributed by atoms with Crippen LogP contribution in [0.25, 0.3) is 17.1 Å². The second-order valence-corrected chi connectivity index (χ2v) is 8.19. The van der Waals surface area contributed by atoms with Crippen LogP contribution >= 0.6 is 11.8 Å². The number of furan rings is 1. The van der Waals surface area contributed by atoms with Crippen LogP contribution in [0.5, 0.6) is 0 Å². The number of hydrogen-bond donors (Lipinski definition) is 1. The Morgan fingerprint density at radius 1 is 1.23 bits per heavy atom. The van der Waals surface area contributed by atoms with Gasteiger partial charge in [-0.3, -0.25) is 14.2 Å². The summed E-state index contributed by atoms with van der Waals surface area (Å²) in [6.07, 6.45) is 3.66. The molecule has 1 fully saturated rings. The van der Waals surface area contributed by atoms with Crippen molar-refractivity contribution in [2.75, 3.05) is 19.3 Å². The molecule has 30 heavy (non-hydrogen) atoms. The average Bonchev–Trinajstić information content (AvgIpc) is 3.29. The summed E-state index contributed by atoms with van der Waals surface area (Å²) in [6, 6.07) is 11.9. The molecule has 1 aromatic carbocycles. The van der Waals surface area contributed by atoms with Crippen LogP contribution in [0.2, 0.25) is 0 Å². The van der Waals surface area contributed by atoms with Gasteiger partial charge in [-0.15, -0.1) is 10.2 Å². The zero-order valence-corrected chi connectivity index (χ0v) is 17.7. The van der Waals surface area contributed by atoms with Crippen LogP contribution < -0.4 is 5.32 Å². The topological polar surface area (TPSA) is 93.3 Å². The number of nitrogens with zero attached hydrogens (tertiary/aromatic N) is 4. The van der Waals surface area contributed by atoms with E-state index in [-0.39, 0.29) is 30.2 Å². The van der Waals surface area contributed by atoms with Crippen molar-refractivity contribution in [3.63, 3.8) is 0 Å². The third-order valence-electron chi connectivity index (χ3n) is 4.82. The van der Waals surface area contributed by atoms with E-state index in [1.54, 1.807) is 13.3 Å². The van der Waals surface area contributed by atoms with Gasteiger partial charge in [0, 0.05) is 18.8 Å². The number of thioether (sulfide) groups is 1. The van der Waals surface area contributed by atoms with Gasteiger partial charge in [-0.05, 0) is 38.0 Å². The molecule has 2 heterocycles. The lowest BCUT2D eigenvalue weighted by Gasteiger charge is -2.16. The highest BCUT2D eigenvalue weighted by Gasteiger charge is 2.25. The van der Waals surface area contributed by atoms with Gasteiger partial charge in [0.2, 0.25) is 11.8 Å². The molecule has 0 aliphatic heterocycles. The van der Waals surface area contributed by atoms with Crippen molar-refractivity contribution in [2.24, 2.45) is 0 Å². The molecule has 2 amide bonds. The lowest BCUT2D eigenvalue weighted by molar-refractivity contribution is -0.132. The van der Waals surface area contributed by atoms with Gasteiger partial charge in [-0.2, -0.15) is 0 Å². The largest absolute Gasteiger partial charge is 0.469 e. The van der Waals surface area contributed by atoms with Crippen molar-refractivity contribution < 1.29 is 14.0 Å². The summed E-state index contributed by atoms with van der Waals surface area (Å²) >= 11 is 1.29. The predicted octanol–water partition coefficient (Wildman–Crippen LogP) is 2.66. The number of likely N-dealkylation sites (N-methyl/N-ethyl adjacent to an activating group) is 1. The Balaban J connectivity index is 1.50. The molecular weight excluding hydrogens is 402 g/mol. The molecule has 0 spiro atoms. The fourth-order valence-corrected chi connectivity index (χ4v) is 3.90. The minimum absolute atomic E-state index is 0.0563. The summed E-state index contributed by atoms with van der Waals surface area (Å²) < 4.78 is 7.34. The Labute approximate surface area is 178 Å². The van der Waals surface area contributed by atoms with Gasteiger partial charge in [0.15, 0.2) is 11.0 Å². The number of aromatic nitrogens is 3. The van der Waals surface area contributed by atoms with E-state index >= 15 is 0 Å². The van der Waals surface area contributed by atoms with Crippen LogP contribution in [-0.2, 0) is 9.59 Å². The average molecular weight is 426 g/mol. The number of carbonyl (C=O) groups is 2. The summed E-state index contributed by atoms with van der Waals surface area (Å²) in [7, 11) is 1.64. The quantitative estimate of drug-likeness (QED) is 0.558. The van der Waals surface area contributed by atoms with E-state index in [1.165, 1.54) is 16.7 Å². The van der Waals surface area contributed by atoms with Gasteiger partial charge >= 0.3 is 0 Å². The molecule has 2 aromatic heterocycles. The molecule has 1 aliphatic rings. The first-order chi connectivity index (χ1) is 14.5. The smallest absolute Gasteiger partial charge is 0.239 e. The van der Waals surface area contributed by atoms with Gasteiger partial charge in [0.1, 0.15) is 5.76 Å². The molecule has 0 bridgehead atoms. The first-order valence-electron chi connectivity index (χ1n) is 9.74. The number of carbonyl (C=O) groups excluding carboxylic acids is 2. The number of amides is 2. The van der Waals surface area contributed by atoms with Crippen LogP contribution in [0.15, 0.2) is 52.2 Å². The van der Waals surface area contributed by atoms with Crippen molar-refractivity contribution in [3.8, 4) is 17.1 Å². The third kappa shape index (κ3) is 4.56. The summed E-state index contributed by atoms with van der Waals surface area (Å²) in [4.78, 5) is 25.9. The van der Waals surface area contributed by atoms with Crippen LogP contribution in [0.4, 0.5) is 0 Å². The van der Waals surface area contributed by atoms with Crippen molar-refractivity contribution >= 4 is 23.6 Å². The maximum Gasteiger partial charge on any atom is 0.239 e. The Morgan fingerprint density at radius 3 is 2.67 bits per heavy atom. The van der Waals surface area contributed by atoms with E-state index in [2.05, 4.69) is 15.5 Å². The molecule has 0 atom stereocenters. The minimum atomic E-state index is -0.144. The predicted molar refractivity (Wildman–Crippen MR) is 113 cm³/mol. The summed E-state index contributed by atoms with van der Waals surface area (Å²) in [6.45, 7) is 1.93. The molecule has 1 saturated carbocycles. The number of benzene rings is 1. The van der Waals surface area contributed by atoms with Crippen LogP contribution in [-0.4, -0.2) is 56.9 Å². The number of nitrogens with one attached hydrogen (secondary N) is 1. The Bertz CT molecular complexity index is 1040. The van der Waals surface area contributed by atoms with Gasteiger partial charge in [-0.25, -0.2) is 0 Å². The Hall–Kier alpha value is -3.07. The second-order valence-electron chi connectivity index (χ2n) is 7.25. The van der Waals surface area contributed by atoms with E-state index in [0.29, 0.717) is 11.0 Å². The molecular formula is C21H23N5O3S. The minimum Gasteiger partial charge on any atom is -0.469 e. The SMILES string of the molecule is Cc1occc1-c1nnc(SCC(=O)N(C)CC(=O)NC2CC2)n1-c1ccccc1. The summed E-state index contributed by atoms with van der Waals surface area (Å²) in [5, 5.41) is 12.2. The van der Waals surface area contributed by atoms with E-state index in [4.69, 9.17) is 4.42 Å². The van der Waals surface area contributed by atoms with E-state index in [0.717, 1.165) is 29.9 Å². The Morgan fingerprint density at radius 2 is 2.00 bits per heavy atom. The highest BCUT2D eigenvalue weighted by molar-refractivity contribution is 7.99. The van der Waals surface area contributed by atoms with Crippen LogP contribution in [0, 0.1) is 6.92 Å².